The molecule has 0 radical (unpaired) electrons. The van der Waals surface area contributed by atoms with Crippen molar-refractivity contribution in [3.8, 4) is 0 Å². The molecule has 0 N–H and O–H groups in total. The summed E-state index contributed by atoms with van der Waals surface area (Å²) < 4.78 is 0. The molecule has 0 aromatic carbocycles. The first-order valence-corrected chi connectivity index (χ1v) is 5.96. The van der Waals surface area contributed by atoms with Gasteiger partial charge in [-0.2, -0.15) is 0 Å². The predicted octanol–water partition coefficient (Wildman–Crippen LogP) is 1.10. The molecule has 0 aliphatic carbocycles. The van der Waals surface area contributed by atoms with Gasteiger partial charge in [-0.05, 0) is 41.5 Å². The first kappa shape index (κ1) is 28.4. The number of hydrogen-bond donors (Lipinski definition) is 0. The molecule has 0 spiro atoms. The summed E-state index contributed by atoms with van der Waals surface area (Å²) in [6, 6.07) is 0. The summed E-state index contributed by atoms with van der Waals surface area (Å²) >= 11 is 0. The van der Waals surface area contributed by atoms with Gasteiger partial charge in [-0.15, -0.1) is 0 Å². The molecule has 0 saturated carbocycles. The van der Waals surface area contributed by atoms with Crippen molar-refractivity contribution in [1.29, 1.82) is 0 Å². The van der Waals surface area contributed by atoms with E-state index in [9.17, 15) is 28.8 Å². The molecule has 0 rings (SSSR count). The van der Waals surface area contributed by atoms with E-state index in [0.717, 1.165) is 19.3 Å². The van der Waals surface area contributed by atoms with Gasteiger partial charge in [-0.1, -0.05) is 0 Å². The molecule has 7 heteroatoms. The second kappa shape index (κ2) is 17.3. The minimum absolute atomic E-state index is 0. The third-order valence-corrected chi connectivity index (χ3v) is 1.22. The second-order valence-corrected chi connectivity index (χ2v) is 4.10. The van der Waals surface area contributed by atoms with Gasteiger partial charge in [0.05, 0.1) is 0 Å². The fourth-order valence-corrected chi connectivity index (χ4v) is 0.859. The van der Waals surface area contributed by atoms with Crippen molar-refractivity contribution in [2.24, 2.45) is 0 Å². The van der Waals surface area contributed by atoms with Crippen LogP contribution in [-0.4, -0.2) is 34.7 Å². The molecule has 126 valence electrons. The zero-order chi connectivity index (χ0) is 17.6. The van der Waals surface area contributed by atoms with Crippen molar-refractivity contribution in [2.75, 3.05) is 0 Å². The van der Waals surface area contributed by atoms with Crippen molar-refractivity contribution >= 4 is 34.7 Å². The van der Waals surface area contributed by atoms with E-state index < -0.39 is 0 Å². The minimum Gasteiger partial charge on any atom is -0.334 e. The Morgan fingerprint density at radius 2 is 0.500 bits per heavy atom. The Kier molecular flexibility index (Phi) is 22.4. The van der Waals surface area contributed by atoms with E-state index in [2.05, 4.69) is 0 Å². The van der Waals surface area contributed by atoms with Crippen molar-refractivity contribution in [3.05, 3.63) is 19.3 Å². The quantitative estimate of drug-likeness (QED) is 0.409. The molecule has 0 aliphatic rings. The van der Waals surface area contributed by atoms with E-state index in [4.69, 9.17) is 0 Å². The third kappa shape index (κ3) is 51.7. The van der Waals surface area contributed by atoms with Gasteiger partial charge < -0.3 is 28.8 Å². The van der Waals surface area contributed by atoms with Gasteiger partial charge in [-0.3, -0.25) is 19.3 Å². The summed E-state index contributed by atoms with van der Waals surface area (Å²) in [6.45, 7) is 8.09. The second-order valence-electron chi connectivity index (χ2n) is 4.10. The smallest absolute Gasteiger partial charge is 0.334 e. The van der Waals surface area contributed by atoms with Crippen LogP contribution in [0.3, 0.4) is 0 Å². The molecule has 0 saturated heterocycles. The summed E-state index contributed by atoms with van der Waals surface area (Å²) in [7, 11) is 0. The van der Waals surface area contributed by atoms with Gasteiger partial charge >= 0.3 is 20.1 Å². The normalized spacial score (nSPS) is 7.36. The maximum Gasteiger partial charge on any atom is 3.00 e. The van der Waals surface area contributed by atoms with Crippen LogP contribution in [0.5, 0.6) is 0 Å². The Bertz CT molecular complexity index is 314. The Balaban J connectivity index is -0.000000108. The van der Waals surface area contributed by atoms with Crippen LogP contribution in [0.25, 0.3) is 0 Å². The summed E-state index contributed by atoms with van der Waals surface area (Å²) in [6.07, 6.45) is 3.17. The largest absolute Gasteiger partial charge is 3.00 e. The Labute approximate surface area is 144 Å². The number of Topliss-reactive ketones (excluding diaryl/α,β-unsaturated/α-hetero) is 6. The molecule has 0 unspecified atom stereocenters. The number of hydrogen-bond acceptors (Lipinski definition) is 6. The Morgan fingerprint density at radius 3 is 0.500 bits per heavy atom. The van der Waals surface area contributed by atoms with Crippen LogP contribution in [0.1, 0.15) is 41.5 Å². The summed E-state index contributed by atoms with van der Waals surface area (Å²) in [5, 5.41) is 0. The van der Waals surface area contributed by atoms with E-state index in [1.54, 1.807) is 0 Å². The van der Waals surface area contributed by atoms with Crippen LogP contribution >= 0.6 is 0 Å². The fourth-order valence-electron chi connectivity index (χ4n) is 0.859. The van der Waals surface area contributed by atoms with Crippen LogP contribution < -0.4 is 0 Å². The number of rotatable bonds is 6. The molecular weight excluding hydrogens is 468 g/mol. The van der Waals surface area contributed by atoms with Gasteiger partial charge in [0.2, 0.25) is 0 Å². The molecule has 0 bridgehead atoms. The Hall–Kier alpha value is -1.72. The molecule has 0 atom stereocenters. The first-order chi connectivity index (χ1) is 9.38. The third-order valence-electron chi connectivity index (χ3n) is 1.22. The maximum atomic E-state index is 9.98. The number of ketones is 6. The van der Waals surface area contributed by atoms with E-state index in [1.807, 2.05) is 0 Å². The topological polar surface area (TPSA) is 102 Å². The van der Waals surface area contributed by atoms with Gasteiger partial charge in [0.25, 0.3) is 0 Å². The average molecular weight is 490 g/mol. The first-order valence-electron chi connectivity index (χ1n) is 5.96. The SMILES string of the molecule is CC(=O)[CH-]C(C)=O.CC(=O)[CH-]C(C)=O.CC(=O)[CH-]C(C)=O.[Ir+3]. The average Bonchev–Trinajstić information content (AvgIpc) is 2.10. The van der Waals surface area contributed by atoms with E-state index in [0.29, 0.717) is 0 Å². The van der Waals surface area contributed by atoms with Crippen molar-refractivity contribution < 1.29 is 48.9 Å². The molecule has 0 aromatic heterocycles. The van der Waals surface area contributed by atoms with E-state index >= 15 is 0 Å². The standard InChI is InChI=1S/3C5H7O2.Ir/c3*1-4(6)3-5(2)7;/h3*3H,1-2H3;/q3*-1;+3. The van der Waals surface area contributed by atoms with E-state index in [-0.39, 0.29) is 54.8 Å². The van der Waals surface area contributed by atoms with Gasteiger partial charge in [0.15, 0.2) is 0 Å². The van der Waals surface area contributed by atoms with Gasteiger partial charge in [-0.25, -0.2) is 0 Å². The van der Waals surface area contributed by atoms with Crippen LogP contribution in [0.2, 0.25) is 0 Å². The predicted molar refractivity (Wildman–Crippen MR) is 77.0 cm³/mol. The van der Waals surface area contributed by atoms with Crippen molar-refractivity contribution in [1.82, 2.24) is 0 Å². The van der Waals surface area contributed by atoms with E-state index in [1.165, 1.54) is 41.5 Å². The molecule has 0 aliphatic heterocycles. The monoisotopic (exact) mass is 490 g/mol. The van der Waals surface area contributed by atoms with Crippen LogP contribution in [0.4, 0.5) is 0 Å². The van der Waals surface area contributed by atoms with Crippen LogP contribution in [-0.2, 0) is 48.9 Å². The number of carbonyl (C=O) groups excluding carboxylic acids is 6. The summed E-state index contributed by atoms with van der Waals surface area (Å²) in [5.74, 6) is -1.12. The summed E-state index contributed by atoms with van der Waals surface area (Å²) in [5.41, 5.74) is 0. The van der Waals surface area contributed by atoms with Crippen LogP contribution in [0.15, 0.2) is 0 Å². The van der Waals surface area contributed by atoms with Crippen molar-refractivity contribution in [3.63, 3.8) is 0 Å². The van der Waals surface area contributed by atoms with Gasteiger partial charge in [0, 0.05) is 34.7 Å². The zero-order valence-electron chi connectivity index (χ0n) is 13.5. The molecule has 0 aromatic rings. The zero-order valence-corrected chi connectivity index (χ0v) is 15.9. The molecule has 0 fully saturated rings. The minimum atomic E-state index is -0.187. The van der Waals surface area contributed by atoms with Crippen LogP contribution in [0, 0.1) is 19.3 Å². The fraction of sp³-hybridized carbons (Fsp3) is 0.400. The maximum absolute atomic E-state index is 9.98. The molecule has 6 nitrogen and oxygen atoms in total. The number of carbonyl (C=O) groups is 6. The Morgan fingerprint density at radius 1 is 0.409 bits per heavy atom. The molecule has 0 heterocycles. The van der Waals surface area contributed by atoms with Crippen molar-refractivity contribution in [2.45, 2.75) is 41.5 Å². The molecule has 0 amide bonds. The summed E-state index contributed by atoms with van der Waals surface area (Å²) in [4.78, 5) is 59.9. The molecule has 22 heavy (non-hydrogen) atoms. The molecular formula is C15H21IrO6. The van der Waals surface area contributed by atoms with Gasteiger partial charge in [0.1, 0.15) is 0 Å².